The van der Waals surface area contributed by atoms with Gasteiger partial charge in [0.2, 0.25) is 5.91 Å². The fourth-order valence-corrected chi connectivity index (χ4v) is 2.65. The van der Waals surface area contributed by atoms with Gasteiger partial charge in [-0.15, -0.1) is 0 Å². The predicted octanol–water partition coefficient (Wildman–Crippen LogP) is 4.09. The topological polar surface area (TPSA) is 83.5 Å². The number of aliphatic carboxylic acids is 1. The summed E-state index contributed by atoms with van der Waals surface area (Å²) in [6.45, 7) is 5.39. The third-order valence-corrected chi connectivity index (χ3v) is 4.31. The van der Waals surface area contributed by atoms with Crippen molar-refractivity contribution in [1.29, 1.82) is 0 Å². The van der Waals surface area contributed by atoms with Crippen LogP contribution in [0.4, 0.5) is 5.69 Å². The molecule has 5 nitrogen and oxygen atoms in total. The van der Waals surface area contributed by atoms with E-state index in [9.17, 15) is 14.4 Å². The molecule has 5 heteroatoms. The highest BCUT2D eigenvalue weighted by atomic mass is 16.4. The van der Waals surface area contributed by atoms with Crippen LogP contribution in [0.15, 0.2) is 42.5 Å². The Balaban J connectivity index is 1.97. The van der Waals surface area contributed by atoms with E-state index in [1.54, 1.807) is 31.2 Å². The van der Waals surface area contributed by atoms with Crippen LogP contribution in [-0.4, -0.2) is 22.8 Å². The predicted molar refractivity (Wildman–Crippen MR) is 101 cm³/mol. The fourth-order valence-electron chi connectivity index (χ4n) is 2.65. The van der Waals surface area contributed by atoms with Crippen molar-refractivity contribution in [3.8, 4) is 0 Å². The number of ketones is 1. The summed E-state index contributed by atoms with van der Waals surface area (Å²) in [5, 5.41) is 11.8. The lowest BCUT2D eigenvalue weighted by Gasteiger charge is -2.10. The molecular weight excluding hydrogens is 330 g/mol. The van der Waals surface area contributed by atoms with Crippen molar-refractivity contribution in [3.63, 3.8) is 0 Å². The summed E-state index contributed by atoms with van der Waals surface area (Å²) in [6, 6.07) is 12.4. The number of hydrogen-bond donors (Lipinski definition) is 2. The van der Waals surface area contributed by atoms with Crippen LogP contribution >= 0.6 is 0 Å². The quantitative estimate of drug-likeness (QED) is 0.734. The molecule has 0 fully saturated rings. The number of amides is 1. The molecule has 2 aromatic carbocycles. The normalized spacial score (nSPS) is 11.7. The Bertz CT molecular complexity index is 842. The molecule has 26 heavy (non-hydrogen) atoms. The number of hydrogen-bond acceptors (Lipinski definition) is 3. The molecule has 1 amide bonds. The van der Waals surface area contributed by atoms with Gasteiger partial charge < -0.3 is 10.4 Å². The highest BCUT2D eigenvalue weighted by Crippen LogP contribution is 2.20. The van der Waals surface area contributed by atoms with Crippen molar-refractivity contribution in [1.82, 2.24) is 0 Å². The average molecular weight is 353 g/mol. The van der Waals surface area contributed by atoms with Gasteiger partial charge >= 0.3 is 5.97 Å². The van der Waals surface area contributed by atoms with Gasteiger partial charge in [-0.3, -0.25) is 14.4 Å². The Morgan fingerprint density at radius 2 is 1.77 bits per heavy atom. The molecule has 2 rings (SSSR count). The molecule has 0 saturated heterocycles. The van der Waals surface area contributed by atoms with Gasteiger partial charge in [-0.05, 0) is 50.1 Å². The van der Waals surface area contributed by atoms with E-state index < -0.39 is 11.9 Å². The summed E-state index contributed by atoms with van der Waals surface area (Å²) in [5.41, 5.74) is 3.70. The second-order valence-corrected chi connectivity index (χ2v) is 6.48. The maximum atomic E-state index is 12.3. The van der Waals surface area contributed by atoms with Gasteiger partial charge in [-0.25, -0.2) is 0 Å². The first-order chi connectivity index (χ1) is 12.3. The van der Waals surface area contributed by atoms with Crippen LogP contribution in [0.2, 0.25) is 0 Å². The average Bonchev–Trinajstić information content (AvgIpc) is 2.61. The molecule has 0 radical (unpaired) electrons. The first-order valence-electron chi connectivity index (χ1n) is 8.51. The zero-order valence-corrected chi connectivity index (χ0v) is 15.2. The summed E-state index contributed by atoms with van der Waals surface area (Å²) in [5.74, 6) is -1.91. The number of rotatable bonds is 7. The minimum atomic E-state index is -0.924. The van der Waals surface area contributed by atoms with Crippen LogP contribution in [0.3, 0.4) is 0 Å². The standard InChI is InChI=1S/C21H23NO4/c1-13-7-8-14(2)18(11-13)19(23)9-10-20(24)22-17-6-4-5-16(12-17)15(3)21(25)26/h4-8,11-12,15H,9-10H2,1-3H3,(H,22,24)(H,25,26). The Hall–Kier alpha value is -2.95. The first kappa shape index (κ1) is 19.4. The number of carboxylic acid groups (broad SMARTS) is 1. The second-order valence-electron chi connectivity index (χ2n) is 6.48. The SMILES string of the molecule is Cc1ccc(C)c(C(=O)CCC(=O)Nc2cccc(C(C)C(=O)O)c2)c1. The van der Waals surface area contributed by atoms with Gasteiger partial charge in [-0.1, -0.05) is 29.8 Å². The Morgan fingerprint density at radius 3 is 2.46 bits per heavy atom. The monoisotopic (exact) mass is 353 g/mol. The van der Waals surface area contributed by atoms with Crippen LogP contribution in [0.5, 0.6) is 0 Å². The van der Waals surface area contributed by atoms with Crippen molar-refractivity contribution < 1.29 is 19.5 Å². The van der Waals surface area contributed by atoms with E-state index in [4.69, 9.17) is 5.11 Å². The molecule has 1 unspecified atom stereocenters. The molecular formula is C21H23NO4. The molecule has 2 N–H and O–H groups in total. The van der Waals surface area contributed by atoms with E-state index in [0.717, 1.165) is 11.1 Å². The van der Waals surface area contributed by atoms with Crippen LogP contribution in [0.1, 0.15) is 52.7 Å². The molecule has 0 heterocycles. The largest absolute Gasteiger partial charge is 0.481 e. The fraction of sp³-hybridized carbons (Fsp3) is 0.286. The second kappa shape index (κ2) is 8.43. The highest BCUT2D eigenvalue weighted by Gasteiger charge is 2.15. The van der Waals surface area contributed by atoms with Crippen molar-refractivity contribution in [2.75, 3.05) is 5.32 Å². The lowest BCUT2D eigenvalue weighted by Crippen LogP contribution is -2.14. The molecule has 0 saturated carbocycles. The van der Waals surface area contributed by atoms with Crippen molar-refractivity contribution in [3.05, 3.63) is 64.7 Å². The van der Waals surface area contributed by atoms with E-state index in [1.165, 1.54) is 0 Å². The molecule has 0 spiro atoms. The first-order valence-corrected chi connectivity index (χ1v) is 8.51. The third kappa shape index (κ3) is 5.02. The number of benzene rings is 2. The maximum absolute atomic E-state index is 12.3. The molecule has 0 aliphatic heterocycles. The van der Waals surface area contributed by atoms with E-state index >= 15 is 0 Å². The molecule has 0 aliphatic carbocycles. The minimum Gasteiger partial charge on any atom is -0.481 e. The zero-order chi connectivity index (χ0) is 19.3. The highest BCUT2D eigenvalue weighted by molar-refractivity contribution is 6.01. The number of Topliss-reactive ketones (excluding diaryl/α,β-unsaturated/α-hetero) is 1. The Kier molecular flexibility index (Phi) is 6.28. The molecule has 0 bridgehead atoms. The van der Waals surface area contributed by atoms with E-state index in [2.05, 4.69) is 5.32 Å². The smallest absolute Gasteiger partial charge is 0.310 e. The summed E-state index contributed by atoms with van der Waals surface area (Å²) < 4.78 is 0. The van der Waals surface area contributed by atoms with Gasteiger partial charge in [0.15, 0.2) is 5.78 Å². The van der Waals surface area contributed by atoms with Crippen LogP contribution in [0.25, 0.3) is 0 Å². The van der Waals surface area contributed by atoms with Gasteiger partial charge in [0.05, 0.1) is 5.92 Å². The number of carbonyl (C=O) groups is 3. The van der Waals surface area contributed by atoms with E-state index in [1.807, 2.05) is 32.0 Å². The van der Waals surface area contributed by atoms with Gasteiger partial charge in [0, 0.05) is 24.1 Å². The van der Waals surface area contributed by atoms with Gasteiger partial charge in [-0.2, -0.15) is 0 Å². The number of aryl methyl sites for hydroxylation is 2. The molecule has 0 aromatic heterocycles. The maximum Gasteiger partial charge on any atom is 0.310 e. The molecule has 2 aromatic rings. The van der Waals surface area contributed by atoms with Crippen molar-refractivity contribution >= 4 is 23.3 Å². The lowest BCUT2D eigenvalue weighted by atomic mass is 9.99. The molecule has 0 aliphatic rings. The number of nitrogens with one attached hydrogen (secondary N) is 1. The summed E-state index contributed by atoms with van der Waals surface area (Å²) in [7, 11) is 0. The summed E-state index contributed by atoms with van der Waals surface area (Å²) in [6.07, 6.45) is 0.201. The van der Waals surface area contributed by atoms with Crippen LogP contribution in [0, 0.1) is 13.8 Å². The van der Waals surface area contributed by atoms with Crippen molar-refractivity contribution in [2.45, 2.75) is 39.5 Å². The minimum absolute atomic E-state index is 0.0606. The van der Waals surface area contributed by atoms with Crippen LogP contribution < -0.4 is 5.32 Å². The van der Waals surface area contributed by atoms with Crippen LogP contribution in [-0.2, 0) is 9.59 Å². The zero-order valence-electron chi connectivity index (χ0n) is 15.2. The molecule has 136 valence electrons. The molecule has 1 atom stereocenters. The number of anilines is 1. The van der Waals surface area contributed by atoms with E-state index in [0.29, 0.717) is 16.8 Å². The van der Waals surface area contributed by atoms with E-state index in [-0.39, 0.29) is 24.5 Å². The Morgan fingerprint density at radius 1 is 1.04 bits per heavy atom. The van der Waals surface area contributed by atoms with Crippen molar-refractivity contribution in [2.24, 2.45) is 0 Å². The number of carboxylic acids is 1. The van der Waals surface area contributed by atoms with Gasteiger partial charge in [0.1, 0.15) is 0 Å². The lowest BCUT2D eigenvalue weighted by molar-refractivity contribution is -0.138. The third-order valence-electron chi connectivity index (χ3n) is 4.31. The number of carbonyl (C=O) groups excluding carboxylic acids is 2. The Labute approximate surface area is 153 Å². The summed E-state index contributed by atoms with van der Waals surface area (Å²) >= 11 is 0. The summed E-state index contributed by atoms with van der Waals surface area (Å²) in [4.78, 5) is 35.6. The van der Waals surface area contributed by atoms with Gasteiger partial charge in [0.25, 0.3) is 0 Å².